The van der Waals surface area contributed by atoms with Crippen LogP contribution in [0.4, 0.5) is 0 Å². The molecule has 2 aromatic heterocycles. The van der Waals surface area contributed by atoms with Crippen molar-refractivity contribution in [3.8, 4) is 0 Å². The Hall–Kier alpha value is -1.92. The summed E-state index contributed by atoms with van der Waals surface area (Å²) >= 11 is 0. The Morgan fingerprint density at radius 3 is 2.65 bits per heavy atom. The first kappa shape index (κ1) is 17.5. The second-order valence-electron chi connectivity index (χ2n) is 8.00. The average molecular weight is 355 g/mol. The first-order valence-corrected chi connectivity index (χ1v) is 9.73. The molecule has 6 nitrogen and oxygen atoms in total. The zero-order valence-corrected chi connectivity index (χ0v) is 15.9. The van der Waals surface area contributed by atoms with E-state index in [4.69, 9.17) is 0 Å². The number of hydrogen-bond donors (Lipinski definition) is 1. The monoisotopic (exact) mass is 355 g/mol. The molecule has 3 heterocycles. The van der Waals surface area contributed by atoms with Gasteiger partial charge >= 0.3 is 0 Å². The van der Waals surface area contributed by atoms with Gasteiger partial charge in [-0.2, -0.15) is 5.10 Å². The molecule has 4 rings (SSSR count). The number of carbonyl (C=O) groups is 1. The number of aromatic nitrogens is 2. The van der Waals surface area contributed by atoms with Crippen LogP contribution in [0.2, 0.25) is 0 Å². The number of aryl methyl sites for hydroxylation is 1. The number of amides is 1. The predicted molar refractivity (Wildman–Crippen MR) is 103 cm³/mol. The van der Waals surface area contributed by atoms with Crippen LogP contribution in [-0.2, 0) is 0 Å². The lowest BCUT2D eigenvalue weighted by Gasteiger charge is -2.45. The van der Waals surface area contributed by atoms with Crippen molar-refractivity contribution < 1.29 is 4.79 Å². The molecule has 0 spiro atoms. The molecule has 1 N–H and O–H groups in total. The van der Waals surface area contributed by atoms with E-state index in [2.05, 4.69) is 27.3 Å². The van der Waals surface area contributed by atoms with Gasteiger partial charge in [-0.05, 0) is 38.4 Å². The molecule has 2 aromatic rings. The Kier molecular flexibility index (Phi) is 4.71. The summed E-state index contributed by atoms with van der Waals surface area (Å²) < 4.78 is 1.79. The van der Waals surface area contributed by atoms with Gasteiger partial charge in [-0.1, -0.05) is 18.9 Å². The Morgan fingerprint density at radius 2 is 1.92 bits per heavy atom. The molecular formula is C20H29N5O. The molecule has 1 aliphatic carbocycles. The van der Waals surface area contributed by atoms with E-state index in [0.29, 0.717) is 5.56 Å². The summed E-state index contributed by atoms with van der Waals surface area (Å²) in [5, 5.41) is 7.57. The first-order chi connectivity index (χ1) is 12.6. The zero-order chi connectivity index (χ0) is 18.1. The Morgan fingerprint density at radius 1 is 1.19 bits per heavy atom. The lowest BCUT2D eigenvalue weighted by Crippen LogP contribution is -2.59. The maximum Gasteiger partial charge on any atom is 0.255 e. The van der Waals surface area contributed by atoms with Gasteiger partial charge in [0.05, 0.1) is 17.3 Å². The van der Waals surface area contributed by atoms with Gasteiger partial charge in [0, 0.05) is 44.5 Å². The smallest absolute Gasteiger partial charge is 0.255 e. The predicted octanol–water partition coefficient (Wildman–Crippen LogP) is 1.93. The molecular weight excluding hydrogens is 326 g/mol. The minimum absolute atomic E-state index is 0.00995. The third-order valence-electron chi connectivity index (χ3n) is 6.20. The lowest BCUT2D eigenvalue weighted by molar-refractivity contribution is 0.0415. The number of carbonyl (C=O) groups excluding carboxylic acids is 1. The van der Waals surface area contributed by atoms with E-state index in [1.807, 2.05) is 25.3 Å². The number of hydrogen-bond acceptors (Lipinski definition) is 4. The molecule has 1 saturated heterocycles. The molecule has 1 aliphatic heterocycles. The molecule has 2 fully saturated rings. The van der Waals surface area contributed by atoms with Crippen LogP contribution in [0.15, 0.2) is 24.5 Å². The van der Waals surface area contributed by atoms with Gasteiger partial charge in [0.15, 0.2) is 0 Å². The highest BCUT2D eigenvalue weighted by Gasteiger charge is 2.40. The molecule has 1 amide bonds. The van der Waals surface area contributed by atoms with Crippen LogP contribution in [0.1, 0.15) is 41.6 Å². The van der Waals surface area contributed by atoms with Gasteiger partial charge in [0.25, 0.3) is 5.91 Å². The van der Waals surface area contributed by atoms with Crippen LogP contribution in [0.25, 0.3) is 5.52 Å². The van der Waals surface area contributed by atoms with E-state index < -0.39 is 0 Å². The highest BCUT2D eigenvalue weighted by Crippen LogP contribution is 2.35. The fourth-order valence-electron chi connectivity index (χ4n) is 4.52. The normalized spacial score (nSPS) is 21.3. The van der Waals surface area contributed by atoms with E-state index in [0.717, 1.165) is 43.8 Å². The van der Waals surface area contributed by atoms with Crippen LogP contribution in [0, 0.1) is 6.92 Å². The summed E-state index contributed by atoms with van der Waals surface area (Å²) in [7, 11) is 2.19. The van der Waals surface area contributed by atoms with E-state index in [1.165, 1.54) is 25.7 Å². The maximum absolute atomic E-state index is 12.8. The van der Waals surface area contributed by atoms with Crippen molar-refractivity contribution in [2.75, 3.05) is 39.8 Å². The molecule has 2 aliphatic rings. The molecule has 6 heteroatoms. The van der Waals surface area contributed by atoms with Gasteiger partial charge < -0.3 is 10.2 Å². The Bertz CT molecular complexity index is 785. The van der Waals surface area contributed by atoms with E-state index in [9.17, 15) is 4.79 Å². The second-order valence-corrected chi connectivity index (χ2v) is 8.00. The Labute approximate surface area is 155 Å². The summed E-state index contributed by atoms with van der Waals surface area (Å²) in [6, 6.07) is 4.00. The minimum Gasteiger partial charge on any atom is -0.350 e. The molecule has 0 bridgehead atoms. The molecule has 0 radical (unpaired) electrons. The number of likely N-dealkylation sites (N-methyl/N-ethyl adjacent to an activating group) is 1. The number of pyridine rings is 1. The van der Waals surface area contributed by atoms with Crippen LogP contribution < -0.4 is 5.32 Å². The van der Waals surface area contributed by atoms with Crippen molar-refractivity contribution in [1.29, 1.82) is 0 Å². The number of fused-ring (bicyclic) bond motifs is 1. The first-order valence-electron chi connectivity index (χ1n) is 9.73. The molecule has 0 unspecified atom stereocenters. The largest absolute Gasteiger partial charge is 0.350 e. The number of piperazine rings is 1. The SMILES string of the molecule is Cc1ccc2c(C(=O)NCC3(N4CCN(C)CC4)CCCC3)cnn2c1. The standard InChI is InChI=1S/C20H29N5O/c1-16-5-6-18-17(13-22-25(18)14-16)19(26)21-15-20(7-3-4-8-20)24-11-9-23(2)10-12-24/h5-6,13-14H,3-4,7-12,15H2,1-2H3,(H,21,26). The fourth-order valence-corrected chi connectivity index (χ4v) is 4.52. The van der Waals surface area contributed by atoms with E-state index in [1.54, 1.807) is 10.7 Å². The summed E-state index contributed by atoms with van der Waals surface area (Å²) in [5.74, 6) is -0.00995. The van der Waals surface area contributed by atoms with Crippen LogP contribution >= 0.6 is 0 Å². The van der Waals surface area contributed by atoms with Gasteiger partial charge in [-0.15, -0.1) is 0 Å². The van der Waals surface area contributed by atoms with Crippen LogP contribution in [0.3, 0.4) is 0 Å². The van der Waals surface area contributed by atoms with Gasteiger partial charge in [0.2, 0.25) is 0 Å². The van der Waals surface area contributed by atoms with E-state index >= 15 is 0 Å². The summed E-state index contributed by atoms with van der Waals surface area (Å²) in [6.45, 7) is 7.19. The van der Waals surface area contributed by atoms with Crippen LogP contribution in [0.5, 0.6) is 0 Å². The van der Waals surface area contributed by atoms with E-state index in [-0.39, 0.29) is 11.4 Å². The quantitative estimate of drug-likeness (QED) is 0.911. The average Bonchev–Trinajstić information content (AvgIpc) is 3.27. The van der Waals surface area contributed by atoms with Crippen molar-refractivity contribution in [3.63, 3.8) is 0 Å². The third-order valence-corrected chi connectivity index (χ3v) is 6.20. The lowest BCUT2D eigenvalue weighted by atomic mass is 9.93. The molecule has 1 saturated carbocycles. The van der Waals surface area contributed by atoms with Gasteiger partial charge in [-0.3, -0.25) is 9.69 Å². The minimum atomic E-state index is -0.00995. The summed E-state index contributed by atoms with van der Waals surface area (Å²) in [6.07, 6.45) is 8.53. The molecule has 0 atom stereocenters. The third kappa shape index (κ3) is 3.23. The zero-order valence-electron chi connectivity index (χ0n) is 15.9. The topological polar surface area (TPSA) is 52.9 Å². The van der Waals surface area contributed by atoms with Crippen LogP contribution in [-0.4, -0.2) is 70.6 Å². The van der Waals surface area contributed by atoms with Crippen molar-refractivity contribution in [2.45, 2.75) is 38.1 Å². The number of nitrogens with zero attached hydrogens (tertiary/aromatic N) is 4. The van der Waals surface area contributed by atoms with Crippen molar-refractivity contribution in [1.82, 2.24) is 24.7 Å². The summed E-state index contributed by atoms with van der Waals surface area (Å²) in [5.41, 5.74) is 2.80. The highest BCUT2D eigenvalue weighted by atomic mass is 16.1. The molecule has 140 valence electrons. The Balaban J connectivity index is 1.48. The van der Waals surface area contributed by atoms with Crippen molar-refractivity contribution in [3.05, 3.63) is 35.7 Å². The number of rotatable bonds is 4. The van der Waals surface area contributed by atoms with Crippen molar-refractivity contribution >= 4 is 11.4 Å². The summed E-state index contributed by atoms with van der Waals surface area (Å²) in [4.78, 5) is 17.9. The van der Waals surface area contributed by atoms with Gasteiger partial charge in [0.1, 0.15) is 0 Å². The second kappa shape index (κ2) is 7.00. The molecule has 26 heavy (non-hydrogen) atoms. The molecule has 0 aromatic carbocycles. The van der Waals surface area contributed by atoms with Gasteiger partial charge in [-0.25, -0.2) is 4.52 Å². The number of nitrogens with one attached hydrogen (secondary N) is 1. The van der Waals surface area contributed by atoms with Crippen molar-refractivity contribution in [2.24, 2.45) is 0 Å². The maximum atomic E-state index is 12.8. The fraction of sp³-hybridized carbons (Fsp3) is 0.600. The highest BCUT2D eigenvalue weighted by molar-refractivity contribution is 6.00.